The van der Waals surface area contributed by atoms with E-state index >= 15 is 0 Å². The van der Waals surface area contributed by atoms with Crippen LogP contribution in [0.4, 0.5) is 5.69 Å². The number of nitrogen functional groups attached to an aromatic ring is 1. The molecular formula is C17H20Cl2N2O2. The van der Waals surface area contributed by atoms with Gasteiger partial charge in [-0.05, 0) is 36.8 Å². The zero-order chi connectivity index (χ0) is 16.8. The van der Waals surface area contributed by atoms with Gasteiger partial charge < -0.3 is 20.9 Å². The number of aliphatic hydroxyl groups is 1. The number of nitrogens with one attached hydrogen (secondary N) is 1. The van der Waals surface area contributed by atoms with Crippen molar-refractivity contribution >= 4 is 28.9 Å². The molecule has 23 heavy (non-hydrogen) atoms. The Kier molecular flexibility index (Phi) is 6.54. The van der Waals surface area contributed by atoms with Gasteiger partial charge >= 0.3 is 0 Å². The molecule has 4 N–H and O–H groups in total. The molecule has 2 aromatic rings. The molecule has 0 heterocycles. The van der Waals surface area contributed by atoms with Crippen molar-refractivity contribution in [1.29, 1.82) is 0 Å². The Labute approximate surface area is 146 Å². The van der Waals surface area contributed by atoms with Crippen molar-refractivity contribution in [3.05, 3.63) is 58.1 Å². The molecule has 0 saturated heterocycles. The van der Waals surface area contributed by atoms with Crippen LogP contribution in [0.25, 0.3) is 0 Å². The van der Waals surface area contributed by atoms with Gasteiger partial charge in [0.1, 0.15) is 12.4 Å². The number of ether oxygens (including phenoxy) is 1. The van der Waals surface area contributed by atoms with Crippen molar-refractivity contribution in [3.63, 3.8) is 0 Å². The first kappa shape index (κ1) is 17.9. The van der Waals surface area contributed by atoms with E-state index < -0.39 is 6.10 Å². The second kappa shape index (κ2) is 8.41. The number of anilines is 1. The summed E-state index contributed by atoms with van der Waals surface area (Å²) in [6, 6.07) is 12.9. The largest absolute Gasteiger partial charge is 0.492 e. The lowest BCUT2D eigenvalue weighted by Gasteiger charge is -2.18. The molecule has 0 saturated carbocycles. The fraction of sp³-hybridized carbons (Fsp3) is 0.294. The number of benzene rings is 2. The molecule has 0 fully saturated rings. The summed E-state index contributed by atoms with van der Waals surface area (Å²) in [5.41, 5.74) is 6.63. The monoisotopic (exact) mass is 354 g/mol. The van der Waals surface area contributed by atoms with Crippen molar-refractivity contribution in [2.45, 2.75) is 19.1 Å². The van der Waals surface area contributed by atoms with Gasteiger partial charge in [0.05, 0.1) is 21.8 Å². The Morgan fingerprint density at radius 1 is 1.17 bits per heavy atom. The SMILES string of the molecule is CC(COc1ccccc1)NCC(O)c1cc(Cl)c(N)c(Cl)c1. The number of hydrogen-bond donors (Lipinski definition) is 3. The maximum absolute atomic E-state index is 10.2. The highest BCUT2D eigenvalue weighted by molar-refractivity contribution is 6.38. The molecule has 0 spiro atoms. The van der Waals surface area contributed by atoms with Crippen molar-refractivity contribution in [2.75, 3.05) is 18.9 Å². The van der Waals surface area contributed by atoms with E-state index in [-0.39, 0.29) is 6.04 Å². The van der Waals surface area contributed by atoms with Crippen LogP contribution in [0.1, 0.15) is 18.6 Å². The van der Waals surface area contributed by atoms with Gasteiger partial charge in [-0.1, -0.05) is 41.4 Å². The first-order valence-electron chi connectivity index (χ1n) is 7.31. The number of aliphatic hydroxyl groups excluding tert-OH is 1. The summed E-state index contributed by atoms with van der Waals surface area (Å²) in [7, 11) is 0. The quantitative estimate of drug-likeness (QED) is 0.663. The maximum atomic E-state index is 10.2. The van der Waals surface area contributed by atoms with Crippen LogP contribution in [-0.2, 0) is 0 Å². The van der Waals surface area contributed by atoms with E-state index in [1.807, 2.05) is 37.3 Å². The van der Waals surface area contributed by atoms with Crippen LogP contribution in [0.15, 0.2) is 42.5 Å². The summed E-state index contributed by atoms with van der Waals surface area (Å²) < 4.78 is 5.66. The number of rotatable bonds is 7. The zero-order valence-electron chi connectivity index (χ0n) is 12.8. The molecule has 4 nitrogen and oxygen atoms in total. The topological polar surface area (TPSA) is 67.5 Å². The van der Waals surface area contributed by atoms with Gasteiger partial charge in [-0.25, -0.2) is 0 Å². The summed E-state index contributed by atoms with van der Waals surface area (Å²) in [4.78, 5) is 0. The minimum atomic E-state index is -0.732. The van der Waals surface area contributed by atoms with Gasteiger partial charge in [-0.15, -0.1) is 0 Å². The zero-order valence-corrected chi connectivity index (χ0v) is 14.3. The highest BCUT2D eigenvalue weighted by atomic mass is 35.5. The standard InChI is InChI=1S/C17H20Cl2N2O2/c1-11(10-23-13-5-3-2-4-6-13)21-9-16(22)12-7-14(18)17(20)15(19)8-12/h2-8,11,16,21-22H,9-10,20H2,1H3. The summed E-state index contributed by atoms with van der Waals surface area (Å²) in [6.07, 6.45) is -0.732. The molecule has 0 radical (unpaired) electrons. The van der Waals surface area contributed by atoms with Gasteiger partial charge in [0.25, 0.3) is 0 Å². The summed E-state index contributed by atoms with van der Waals surface area (Å²) in [6.45, 7) is 2.84. The van der Waals surface area contributed by atoms with E-state index in [4.69, 9.17) is 33.7 Å². The minimum absolute atomic E-state index is 0.0737. The van der Waals surface area contributed by atoms with E-state index in [0.29, 0.717) is 34.4 Å². The highest BCUT2D eigenvalue weighted by Crippen LogP contribution is 2.31. The van der Waals surface area contributed by atoms with Gasteiger partial charge in [-0.2, -0.15) is 0 Å². The van der Waals surface area contributed by atoms with Crippen LogP contribution < -0.4 is 15.8 Å². The second-order valence-corrected chi connectivity index (χ2v) is 6.16. The third-order valence-corrected chi connectivity index (χ3v) is 4.01. The number of halogens is 2. The highest BCUT2D eigenvalue weighted by Gasteiger charge is 2.13. The first-order chi connectivity index (χ1) is 11.0. The van der Waals surface area contributed by atoms with Crippen LogP contribution >= 0.6 is 23.2 Å². The minimum Gasteiger partial charge on any atom is -0.492 e. The molecular weight excluding hydrogens is 335 g/mol. The Morgan fingerprint density at radius 2 is 1.78 bits per heavy atom. The van der Waals surface area contributed by atoms with Crippen molar-refractivity contribution in [2.24, 2.45) is 0 Å². The third kappa shape index (κ3) is 5.29. The lowest BCUT2D eigenvalue weighted by atomic mass is 10.1. The van der Waals surface area contributed by atoms with Gasteiger partial charge in [0.2, 0.25) is 0 Å². The molecule has 0 aromatic heterocycles. The van der Waals surface area contributed by atoms with E-state index in [1.165, 1.54) is 0 Å². The average Bonchev–Trinajstić information content (AvgIpc) is 2.56. The van der Waals surface area contributed by atoms with Crippen LogP contribution in [0.2, 0.25) is 10.0 Å². The summed E-state index contributed by atoms with van der Waals surface area (Å²) >= 11 is 12.0. The molecule has 0 aliphatic carbocycles. The van der Waals surface area contributed by atoms with Crippen molar-refractivity contribution in [3.8, 4) is 5.75 Å². The number of para-hydroxylation sites is 1. The average molecular weight is 355 g/mol. The Bertz CT molecular complexity index is 615. The van der Waals surface area contributed by atoms with Crippen molar-refractivity contribution < 1.29 is 9.84 Å². The Morgan fingerprint density at radius 3 is 2.39 bits per heavy atom. The number of hydrogen-bond acceptors (Lipinski definition) is 4. The fourth-order valence-electron chi connectivity index (χ4n) is 2.02. The van der Waals surface area contributed by atoms with E-state index in [9.17, 15) is 5.11 Å². The molecule has 0 aliphatic heterocycles. The van der Waals surface area contributed by atoms with Crippen LogP contribution in [0.5, 0.6) is 5.75 Å². The van der Waals surface area contributed by atoms with Crippen LogP contribution in [0, 0.1) is 0 Å². The Hall–Kier alpha value is -1.46. The van der Waals surface area contributed by atoms with Crippen LogP contribution in [-0.4, -0.2) is 24.3 Å². The van der Waals surface area contributed by atoms with E-state index in [2.05, 4.69) is 5.32 Å². The molecule has 0 aliphatic rings. The third-order valence-electron chi connectivity index (χ3n) is 3.39. The molecule has 0 amide bonds. The maximum Gasteiger partial charge on any atom is 0.119 e. The normalized spacial score (nSPS) is 13.6. The summed E-state index contributed by atoms with van der Waals surface area (Å²) in [5, 5.41) is 14.1. The lowest BCUT2D eigenvalue weighted by Crippen LogP contribution is -2.34. The predicted octanol–water partition coefficient (Wildman–Crippen LogP) is 3.67. The smallest absolute Gasteiger partial charge is 0.119 e. The van der Waals surface area contributed by atoms with Crippen molar-refractivity contribution in [1.82, 2.24) is 5.32 Å². The predicted molar refractivity (Wildman–Crippen MR) is 95.2 cm³/mol. The van der Waals surface area contributed by atoms with Gasteiger partial charge in [0, 0.05) is 12.6 Å². The molecule has 2 atom stereocenters. The molecule has 6 heteroatoms. The van der Waals surface area contributed by atoms with Gasteiger partial charge in [0.15, 0.2) is 0 Å². The molecule has 2 rings (SSSR count). The molecule has 0 bridgehead atoms. The van der Waals surface area contributed by atoms with E-state index in [1.54, 1.807) is 12.1 Å². The molecule has 2 unspecified atom stereocenters. The molecule has 2 aromatic carbocycles. The first-order valence-corrected chi connectivity index (χ1v) is 8.06. The lowest BCUT2D eigenvalue weighted by molar-refractivity contribution is 0.164. The number of nitrogens with two attached hydrogens (primary N) is 1. The van der Waals surface area contributed by atoms with Gasteiger partial charge in [-0.3, -0.25) is 0 Å². The van der Waals surface area contributed by atoms with E-state index in [0.717, 1.165) is 5.75 Å². The summed E-state index contributed by atoms with van der Waals surface area (Å²) in [5.74, 6) is 0.818. The van der Waals surface area contributed by atoms with Crippen LogP contribution in [0.3, 0.4) is 0 Å². The fourth-order valence-corrected chi connectivity index (χ4v) is 2.53. The second-order valence-electron chi connectivity index (χ2n) is 5.35. The molecule has 124 valence electrons. The Balaban J connectivity index is 1.83.